The van der Waals surface area contributed by atoms with E-state index < -0.39 is 5.95 Å². The zero-order chi connectivity index (χ0) is 15.4. The lowest BCUT2D eigenvalue weighted by molar-refractivity contribution is -0.235. The Kier molecular flexibility index (Phi) is 3.09. The van der Waals surface area contributed by atoms with Crippen molar-refractivity contribution in [2.75, 3.05) is 12.0 Å². The molecule has 6 rings (SSSR count). The lowest BCUT2D eigenvalue weighted by Gasteiger charge is -2.47. The van der Waals surface area contributed by atoms with Gasteiger partial charge in [-0.2, -0.15) is 4.39 Å². The molecule has 2 aromatic rings. The van der Waals surface area contributed by atoms with Crippen LogP contribution >= 0.6 is 11.3 Å². The van der Waals surface area contributed by atoms with Gasteiger partial charge in [0, 0.05) is 6.54 Å². The first kappa shape index (κ1) is 14.0. The number of anilines is 1. The van der Waals surface area contributed by atoms with Crippen LogP contribution in [-0.2, 0) is 4.84 Å². The molecule has 23 heavy (non-hydrogen) atoms. The number of pyridine rings is 1. The van der Waals surface area contributed by atoms with Gasteiger partial charge in [-0.25, -0.2) is 15.4 Å². The van der Waals surface area contributed by atoms with Crippen molar-refractivity contribution in [1.82, 2.24) is 20.7 Å². The molecule has 122 valence electrons. The lowest BCUT2D eigenvalue weighted by atomic mass is 9.62. The van der Waals surface area contributed by atoms with Gasteiger partial charge in [0.25, 0.3) is 0 Å². The molecule has 3 aliphatic carbocycles. The van der Waals surface area contributed by atoms with Crippen LogP contribution in [-0.4, -0.2) is 27.4 Å². The van der Waals surface area contributed by atoms with Crippen molar-refractivity contribution in [2.24, 2.45) is 11.8 Å². The van der Waals surface area contributed by atoms with Gasteiger partial charge in [-0.15, -0.1) is 0 Å². The molecule has 1 aliphatic heterocycles. The Morgan fingerprint density at radius 2 is 2.17 bits per heavy atom. The third-order valence-electron chi connectivity index (χ3n) is 5.44. The van der Waals surface area contributed by atoms with Crippen LogP contribution in [0.2, 0.25) is 0 Å². The number of nitrogens with zero attached hydrogens (tertiary/aromatic N) is 3. The summed E-state index contributed by atoms with van der Waals surface area (Å²) >= 11 is 1.31. The highest BCUT2D eigenvalue weighted by molar-refractivity contribution is 7.21. The molecule has 3 heterocycles. The molecule has 1 saturated heterocycles. The summed E-state index contributed by atoms with van der Waals surface area (Å²) in [4.78, 5) is 15.1. The summed E-state index contributed by atoms with van der Waals surface area (Å²) in [6, 6.07) is 2.96. The molecule has 1 spiro atoms. The maximum atomic E-state index is 13.2. The number of aromatic nitrogens is 2. The fourth-order valence-corrected chi connectivity index (χ4v) is 5.13. The number of hydrogen-bond donors (Lipinski definition) is 2. The highest BCUT2D eigenvalue weighted by Crippen LogP contribution is 2.50. The highest BCUT2D eigenvalue weighted by atomic mass is 32.1. The molecule has 2 N–H and O–H groups in total. The smallest absolute Gasteiger partial charge is 0.214 e. The van der Waals surface area contributed by atoms with Crippen LogP contribution in [0.25, 0.3) is 10.3 Å². The van der Waals surface area contributed by atoms with Gasteiger partial charge in [-0.05, 0) is 61.4 Å². The van der Waals surface area contributed by atoms with Crippen LogP contribution in [0.1, 0.15) is 32.1 Å². The summed E-state index contributed by atoms with van der Waals surface area (Å²) in [6.45, 7) is 0.832. The number of nitrogens with one attached hydrogen (secondary N) is 2. The average molecular weight is 335 g/mol. The highest BCUT2D eigenvalue weighted by Gasteiger charge is 2.52. The summed E-state index contributed by atoms with van der Waals surface area (Å²) < 4.78 is 13.2. The largest absolute Gasteiger partial charge is 0.257 e. The average Bonchev–Trinajstić information content (AvgIpc) is 3.12. The molecule has 4 fully saturated rings. The molecule has 0 aromatic carbocycles. The van der Waals surface area contributed by atoms with Crippen molar-refractivity contribution in [1.29, 1.82) is 0 Å². The molecular weight excluding hydrogens is 317 g/mol. The van der Waals surface area contributed by atoms with E-state index in [2.05, 4.69) is 20.8 Å². The Morgan fingerprint density at radius 1 is 1.30 bits per heavy atom. The number of halogens is 1. The molecule has 1 atom stereocenters. The van der Waals surface area contributed by atoms with Gasteiger partial charge in [0.05, 0.1) is 0 Å². The van der Waals surface area contributed by atoms with Crippen molar-refractivity contribution in [3.63, 3.8) is 0 Å². The molecule has 8 heteroatoms. The predicted octanol–water partition coefficient (Wildman–Crippen LogP) is 2.86. The Balaban J connectivity index is 1.33. The third kappa shape index (κ3) is 2.32. The zero-order valence-corrected chi connectivity index (χ0v) is 13.4. The van der Waals surface area contributed by atoms with Gasteiger partial charge in [-0.1, -0.05) is 11.3 Å². The fraction of sp³-hybridized carbons (Fsp3) is 0.600. The van der Waals surface area contributed by atoms with Crippen LogP contribution in [0.3, 0.4) is 0 Å². The second kappa shape index (κ2) is 5.07. The van der Waals surface area contributed by atoms with E-state index in [9.17, 15) is 4.39 Å². The van der Waals surface area contributed by atoms with E-state index in [1.807, 2.05) is 0 Å². The van der Waals surface area contributed by atoms with Gasteiger partial charge >= 0.3 is 0 Å². The van der Waals surface area contributed by atoms with Crippen molar-refractivity contribution < 1.29 is 9.23 Å². The summed E-state index contributed by atoms with van der Waals surface area (Å²) in [6.07, 6.45) is 6.36. The predicted molar refractivity (Wildman–Crippen MR) is 84.7 cm³/mol. The van der Waals surface area contributed by atoms with Crippen LogP contribution in [0.15, 0.2) is 12.1 Å². The normalized spacial score (nSPS) is 33.8. The molecule has 0 unspecified atom stereocenters. The zero-order valence-electron chi connectivity index (χ0n) is 12.6. The van der Waals surface area contributed by atoms with Crippen LogP contribution < -0.4 is 10.9 Å². The van der Waals surface area contributed by atoms with E-state index in [0.29, 0.717) is 21.4 Å². The Morgan fingerprint density at radius 3 is 2.96 bits per heavy atom. The van der Waals surface area contributed by atoms with Gasteiger partial charge in [0.2, 0.25) is 11.1 Å². The minimum absolute atomic E-state index is 0.0742. The van der Waals surface area contributed by atoms with E-state index in [1.54, 1.807) is 11.3 Å². The van der Waals surface area contributed by atoms with Crippen molar-refractivity contribution >= 4 is 26.8 Å². The third-order valence-corrected chi connectivity index (χ3v) is 6.31. The van der Waals surface area contributed by atoms with E-state index >= 15 is 0 Å². The van der Waals surface area contributed by atoms with Gasteiger partial charge in [0.15, 0.2) is 0 Å². The topological polar surface area (TPSA) is 62.3 Å². The number of hydrogen-bond acceptors (Lipinski definition) is 7. The number of thiazole rings is 1. The molecule has 0 amide bonds. The summed E-state index contributed by atoms with van der Waals surface area (Å²) in [7, 11) is 0. The minimum atomic E-state index is -0.486. The van der Waals surface area contributed by atoms with Gasteiger partial charge in [0.1, 0.15) is 15.9 Å². The first-order valence-corrected chi connectivity index (χ1v) is 8.94. The quantitative estimate of drug-likeness (QED) is 0.823. The summed E-state index contributed by atoms with van der Waals surface area (Å²) in [5.74, 6) is 0.953. The molecule has 4 aliphatic rings. The van der Waals surface area contributed by atoms with E-state index in [0.717, 1.165) is 18.9 Å². The molecule has 0 radical (unpaired) electrons. The lowest BCUT2D eigenvalue weighted by Crippen LogP contribution is -2.50. The van der Waals surface area contributed by atoms with E-state index in [-0.39, 0.29) is 5.60 Å². The van der Waals surface area contributed by atoms with Crippen molar-refractivity contribution in [2.45, 2.75) is 37.7 Å². The number of rotatable bonds is 2. The van der Waals surface area contributed by atoms with Gasteiger partial charge < -0.3 is 0 Å². The van der Waals surface area contributed by atoms with Crippen LogP contribution in [0.4, 0.5) is 9.52 Å². The standard InChI is InChI=1S/C15H18FN5OS/c16-12-6-5-11-13(19-12)23-14(18-11)20-21-17-8-15(22-21)7-9-1-3-10(15)4-2-9/h5-6,9-10,17H,1-4,7-8H2,(H,18,20)/t9?,10?,15-/m0/s1. The van der Waals surface area contributed by atoms with Crippen LogP contribution in [0.5, 0.6) is 0 Å². The summed E-state index contributed by atoms with van der Waals surface area (Å²) in [5.41, 5.74) is 7.01. The van der Waals surface area contributed by atoms with Crippen LogP contribution in [0, 0.1) is 17.8 Å². The maximum absolute atomic E-state index is 13.2. The Hall–Kier alpha value is -1.35. The summed E-state index contributed by atoms with van der Waals surface area (Å²) in [5, 5.41) is 2.22. The second-order valence-corrected chi connectivity index (χ2v) is 7.77. The number of fused-ring (bicyclic) bond motifs is 3. The Labute approximate surface area is 136 Å². The SMILES string of the molecule is Fc1ccc2nc(NN3NC[C@]4(CC5CCC4CC5)O3)sc2n1. The molecular formula is C15H18FN5OS. The first-order valence-electron chi connectivity index (χ1n) is 8.13. The molecule has 2 aromatic heterocycles. The Bertz CT molecular complexity index is 747. The first-order chi connectivity index (χ1) is 11.2. The maximum Gasteiger partial charge on any atom is 0.214 e. The minimum Gasteiger partial charge on any atom is -0.257 e. The second-order valence-electron chi connectivity index (χ2n) is 6.80. The van der Waals surface area contributed by atoms with E-state index in [1.165, 1.54) is 43.1 Å². The molecule has 6 nitrogen and oxygen atoms in total. The van der Waals surface area contributed by atoms with Crippen molar-refractivity contribution in [3.8, 4) is 0 Å². The monoisotopic (exact) mass is 335 g/mol. The van der Waals surface area contributed by atoms with Gasteiger partial charge in [-0.3, -0.25) is 10.3 Å². The number of hydrazine groups is 2. The van der Waals surface area contributed by atoms with Crippen molar-refractivity contribution in [3.05, 3.63) is 18.1 Å². The molecule has 2 bridgehead atoms. The van der Waals surface area contributed by atoms with E-state index in [4.69, 9.17) is 4.84 Å². The fourth-order valence-electron chi connectivity index (χ4n) is 4.32. The molecule has 3 saturated carbocycles.